The Kier molecular flexibility index (Phi) is 5.69. The molecular weight excluding hydrogens is 414 g/mol. The Morgan fingerprint density at radius 3 is 2.16 bits per heavy atom. The van der Waals surface area contributed by atoms with Gasteiger partial charge in [-0.05, 0) is 41.3 Å². The first-order valence-corrected chi connectivity index (χ1v) is 9.98. The van der Waals surface area contributed by atoms with Crippen molar-refractivity contribution in [2.75, 3.05) is 6.61 Å². The molecule has 0 aliphatic heterocycles. The Labute approximate surface area is 183 Å². The van der Waals surface area contributed by atoms with Crippen molar-refractivity contribution < 1.29 is 14.3 Å². The van der Waals surface area contributed by atoms with Gasteiger partial charge in [0.15, 0.2) is 12.4 Å². The highest BCUT2D eigenvalue weighted by Gasteiger charge is 2.23. The number of ketones is 1. The third-order valence-corrected chi connectivity index (χ3v) is 5.31. The van der Waals surface area contributed by atoms with Gasteiger partial charge in [-0.25, -0.2) is 4.79 Å². The van der Waals surface area contributed by atoms with E-state index in [1.165, 1.54) is 11.6 Å². The Morgan fingerprint density at radius 1 is 0.871 bits per heavy atom. The summed E-state index contributed by atoms with van der Waals surface area (Å²) in [6.45, 7) is -0.449. The van der Waals surface area contributed by atoms with E-state index in [2.05, 4.69) is 0 Å². The minimum atomic E-state index is -0.744. The molecule has 0 fully saturated rings. The smallest absolute Gasteiger partial charge is 0.356 e. The molecule has 0 aliphatic carbocycles. The number of halogens is 1. The van der Waals surface area contributed by atoms with Gasteiger partial charge >= 0.3 is 5.97 Å². The van der Waals surface area contributed by atoms with Gasteiger partial charge in [-0.3, -0.25) is 9.59 Å². The number of hydrogen-bond donors (Lipinski definition) is 0. The van der Waals surface area contributed by atoms with Crippen molar-refractivity contribution in [1.82, 2.24) is 4.57 Å². The lowest BCUT2D eigenvalue weighted by Crippen LogP contribution is -2.27. The van der Waals surface area contributed by atoms with Crippen molar-refractivity contribution in [3.63, 3.8) is 0 Å². The van der Waals surface area contributed by atoms with Crippen LogP contribution >= 0.6 is 11.6 Å². The molecule has 5 nitrogen and oxygen atoms in total. The summed E-state index contributed by atoms with van der Waals surface area (Å²) in [4.78, 5) is 38.4. The SMILES string of the molecule is Cn1c(C(=O)OCC(=O)c2ccc(Cl)cc2)c(-c2ccccc2)c2ccccc2c1=O. The molecule has 4 aromatic rings. The molecule has 31 heavy (non-hydrogen) atoms. The van der Waals surface area contributed by atoms with Crippen LogP contribution in [0.3, 0.4) is 0 Å². The number of Topliss-reactive ketones (excluding diaryl/α,β-unsaturated/α-hetero) is 1. The maximum absolute atomic E-state index is 13.1. The van der Waals surface area contributed by atoms with E-state index in [-0.39, 0.29) is 17.0 Å². The van der Waals surface area contributed by atoms with Gasteiger partial charge < -0.3 is 9.30 Å². The van der Waals surface area contributed by atoms with E-state index in [0.717, 1.165) is 5.56 Å². The molecule has 1 heterocycles. The van der Waals surface area contributed by atoms with Gasteiger partial charge in [0.2, 0.25) is 0 Å². The quantitative estimate of drug-likeness (QED) is 0.333. The molecule has 0 saturated carbocycles. The number of carbonyl (C=O) groups is 2. The van der Waals surface area contributed by atoms with E-state index in [0.29, 0.717) is 26.9 Å². The maximum atomic E-state index is 13.1. The van der Waals surface area contributed by atoms with Crippen LogP contribution in [0.4, 0.5) is 0 Å². The first-order chi connectivity index (χ1) is 15.0. The van der Waals surface area contributed by atoms with Gasteiger partial charge in [-0.15, -0.1) is 0 Å². The molecule has 0 radical (unpaired) electrons. The molecule has 0 saturated heterocycles. The number of aromatic nitrogens is 1. The number of fused-ring (bicyclic) bond motifs is 1. The van der Waals surface area contributed by atoms with Crippen molar-refractivity contribution in [3.05, 3.63) is 105 Å². The van der Waals surface area contributed by atoms with Crippen molar-refractivity contribution in [2.24, 2.45) is 7.05 Å². The first-order valence-electron chi connectivity index (χ1n) is 9.60. The Bertz CT molecular complexity index is 1340. The third-order valence-electron chi connectivity index (χ3n) is 5.06. The van der Waals surface area contributed by atoms with Crippen LogP contribution in [0.5, 0.6) is 0 Å². The minimum Gasteiger partial charge on any atom is -0.453 e. The molecule has 6 heteroatoms. The predicted octanol–water partition coefficient (Wildman–Crippen LogP) is 4.90. The fourth-order valence-electron chi connectivity index (χ4n) is 3.52. The standard InChI is InChI=1S/C25H18ClNO4/c1-27-23(25(30)31-15-21(28)16-11-13-18(26)14-12-16)22(17-7-3-2-4-8-17)19-9-5-6-10-20(19)24(27)29/h2-14H,15H2,1H3. The second-order valence-corrected chi connectivity index (χ2v) is 7.44. The molecule has 154 valence electrons. The van der Waals surface area contributed by atoms with Gasteiger partial charge in [-0.1, -0.05) is 60.1 Å². The van der Waals surface area contributed by atoms with Crippen molar-refractivity contribution >= 4 is 34.1 Å². The Morgan fingerprint density at radius 2 is 1.48 bits per heavy atom. The molecule has 0 unspecified atom stereocenters. The van der Waals surface area contributed by atoms with Gasteiger partial charge in [0.05, 0.1) is 0 Å². The van der Waals surface area contributed by atoms with E-state index >= 15 is 0 Å². The van der Waals surface area contributed by atoms with Crippen molar-refractivity contribution in [1.29, 1.82) is 0 Å². The van der Waals surface area contributed by atoms with Gasteiger partial charge in [-0.2, -0.15) is 0 Å². The van der Waals surface area contributed by atoms with E-state index < -0.39 is 12.6 Å². The van der Waals surface area contributed by atoms with E-state index in [9.17, 15) is 14.4 Å². The number of esters is 1. The van der Waals surface area contributed by atoms with Crippen LogP contribution in [0.25, 0.3) is 21.9 Å². The van der Waals surface area contributed by atoms with Gasteiger partial charge in [0.25, 0.3) is 5.56 Å². The molecular formula is C25H18ClNO4. The summed E-state index contributed by atoms with van der Waals surface area (Å²) in [5.41, 5.74) is 1.52. The van der Waals surface area contributed by atoms with Crippen LogP contribution < -0.4 is 5.56 Å². The highest BCUT2D eigenvalue weighted by Crippen LogP contribution is 2.30. The van der Waals surface area contributed by atoms with Crippen LogP contribution in [0, 0.1) is 0 Å². The molecule has 0 amide bonds. The number of rotatable bonds is 5. The first kappa shape index (κ1) is 20.6. The number of carbonyl (C=O) groups excluding carboxylic acids is 2. The van der Waals surface area contributed by atoms with Crippen molar-refractivity contribution in [2.45, 2.75) is 0 Å². The van der Waals surface area contributed by atoms with E-state index in [1.54, 1.807) is 42.5 Å². The second-order valence-electron chi connectivity index (χ2n) is 7.01. The lowest BCUT2D eigenvalue weighted by Gasteiger charge is -2.16. The molecule has 3 aromatic carbocycles. The lowest BCUT2D eigenvalue weighted by molar-refractivity contribution is 0.0465. The van der Waals surface area contributed by atoms with E-state index in [4.69, 9.17) is 16.3 Å². The summed E-state index contributed by atoms with van der Waals surface area (Å²) in [7, 11) is 1.53. The Balaban J connectivity index is 1.77. The number of benzene rings is 3. The fourth-order valence-corrected chi connectivity index (χ4v) is 3.65. The summed E-state index contributed by atoms with van der Waals surface area (Å²) in [5, 5.41) is 1.65. The van der Waals surface area contributed by atoms with Gasteiger partial charge in [0, 0.05) is 28.6 Å². The summed E-state index contributed by atoms with van der Waals surface area (Å²) in [6.07, 6.45) is 0. The van der Waals surface area contributed by atoms with Crippen LogP contribution in [-0.4, -0.2) is 22.9 Å². The summed E-state index contributed by atoms with van der Waals surface area (Å²) < 4.78 is 6.62. The lowest BCUT2D eigenvalue weighted by atomic mass is 9.97. The molecule has 0 bridgehead atoms. The van der Waals surface area contributed by atoms with Crippen LogP contribution in [0.1, 0.15) is 20.8 Å². The second kappa shape index (κ2) is 8.58. The zero-order valence-corrected chi connectivity index (χ0v) is 17.4. The summed E-state index contributed by atoms with van der Waals surface area (Å²) in [6, 6.07) is 22.8. The minimum absolute atomic E-state index is 0.0961. The van der Waals surface area contributed by atoms with Crippen molar-refractivity contribution in [3.8, 4) is 11.1 Å². The summed E-state index contributed by atoms with van der Waals surface area (Å²) in [5.74, 6) is -1.11. The number of ether oxygens (including phenoxy) is 1. The zero-order valence-electron chi connectivity index (χ0n) is 16.7. The van der Waals surface area contributed by atoms with Gasteiger partial charge in [0.1, 0.15) is 5.69 Å². The van der Waals surface area contributed by atoms with E-state index in [1.807, 2.05) is 36.4 Å². The number of nitrogens with zero attached hydrogens (tertiary/aromatic N) is 1. The highest BCUT2D eigenvalue weighted by atomic mass is 35.5. The van der Waals surface area contributed by atoms with Crippen LogP contribution in [-0.2, 0) is 11.8 Å². The number of pyridine rings is 1. The largest absolute Gasteiger partial charge is 0.453 e. The number of hydrogen-bond acceptors (Lipinski definition) is 4. The predicted molar refractivity (Wildman–Crippen MR) is 121 cm³/mol. The molecule has 1 aromatic heterocycles. The molecule has 4 rings (SSSR count). The average molecular weight is 432 g/mol. The molecule has 0 spiro atoms. The maximum Gasteiger partial charge on any atom is 0.356 e. The van der Waals surface area contributed by atoms with Crippen LogP contribution in [0.2, 0.25) is 5.02 Å². The molecule has 0 atom stereocenters. The summed E-state index contributed by atoms with van der Waals surface area (Å²) >= 11 is 5.85. The highest BCUT2D eigenvalue weighted by molar-refractivity contribution is 6.30. The monoisotopic (exact) mass is 431 g/mol. The normalized spacial score (nSPS) is 10.8. The average Bonchev–Trinajstić information content (AvgIpc) is 2.80. The molecule has 0 N–H and O–H groups in total. The fraction of sp³-hybridized carbons (Fsp3) is 0.0800. The van der Waals surface area contributed by atoms with Crippen LogP contribution in [0.15, 0.2) is 83.7 Å². The third kappa shape index (κ3) is 4.00. The Hall–Kier alpha value is -3.70. The topological polar surface area (TPSA) is 65.4 Å². The zero-order chi connectivity index (χ0) is 22.0. The molecule has 0 aliphatic rings.